The molecule has 2 nitrogen and oxygen atoms in total. The van der Waals surface area contributed by atoms with Crippen LogP contribution in [0.25, 0.3) is 10.9 Å². The maximum absolute atomic E-state index is 6.06. The van der Waals surface area contributed by atoms with Crippen LogP contribution in [-0.2, 0) is 0 Å². The topological polar surface area (TPSA) is 38.9 Å². The van der Waals surface area contributed by atoms with Crippen LogP contribution in [0.15, 0.2) is 16.6 Å². The van der Waals surface area contributed by atoms with Crippen molar-refractivity contribution in [2.75, 3.05) is 5.73 Å². The van der Waals surface area contributed by atoms with E-state index in [0.29, 0.717) is 10.7 Å². The summed E-state index contributed by atoms with van der Waals surface area (Å²) >= 11 is 9.49. The largest absolute Gasteiger partial charge is 0.397 e. The Balaban J connectivity index is 2.98. The number of benzene rings is 1. The Morgan fingerprint density at radius 3 is 2.67 bits per heavy atom. The van der Waals surface area contributed by atoms with Crippen LogP contribution in [0.3, 0.4) is 0 Å². The third-order valence-corrected chi connectivity index (χ3v) is 3.32. The lowest BCUT2D eigenvalue weighted by molar-refractivity contribution is 1.24. The fourth-order valence-electron chi connectivity index (χ4n) is 1.62. The highest BCUT2D eigenvalue weighted by Gasteiger charge is 2.10. The fourth-order valence-corrected chi connectivity index (χ4v) is 2.34. The molecule has 0 aliphatic carbocycles. The van der Waals surface area contributed by atoms with Gasteiger partial charge in [0.05, 0.1) is 21.9 Å². The van der Waals surface area contributed by atoms with Crippen molar-refractivity contribution in [2.45, 2.75) is 13.8 Å². The van der Waals surface area contributed by atoms with Crippen LogP contribution in [0.4, 0.5) is 5.69 Å². The first kappa shape index (κ1) is 10.7. The number of rotatable bonds is 0. The number of nitrogen functional groups attached to an aromatic ring is 1. The van der Waals surface area contributed by atoms with Crippen molar-refractivity contribution < 1.29 is 0 Å². The van der Waals surface area contributed by atoms with E-state index in [1.54, 1.807) is 0 Å². The van der Waals surface area contributed by atoms with Gasteiger partial charge in [-0.1, -0.05) is 27.5 Å². The predicted octanol–water partition coefficient (Wildman–Crippen LogP) is 3.85. The molecule has 0 bridgehead atoms. The maximum atomic E-state index is 6.06. The van der Waals surface area contributed by atoms with Crippen LogP contribution in [0.2, 0.25) is 5.02 Å². The third kappa shape index (κ3) is 1.70. The molecule has 0 radical (unpaired) electrons. The molecule has 1 aromatic heterocycles. The van der Waals surface area contributed by atoms with Crippen LogP contribution in [0.1, 0.15) is 11.3 Å². The van der Waals surface area contributed by atoms with E-state index in [0.717, 1.165) is 26.6 Å². The van der Waals surface area contributed by atoms with Gasteiger partial charge in [0.15, 0.2) is 0 Å². The summed E-state index contributed by atoms with van der Waals surface area (Å²) in [7, 11) is 0. The Kier molecular flexibility index (Phi) is 2.61. The Labute approximate surface area is 102 Å². The lowest BCUT2D eigenvalue weighted by atomic mass is 10.1. The monoisotopic (exact) mass is 284 g/mol. The Morgan fingerprint density at radius 2 is 2.00 bits per heavy atom. The molecule has 0 aliphatic rings. The lowest BCUT2D eigenvalue weighted by Gasteiger charge is -2.09. The summed E-state index contributed by atoms with van der Waals surface area (Å²) in [5.74, 6) is 0. The van der Waals surface area contributed by atoms with Gasteiger partial charge in [0.2, 0.25) is 0 Å². The second kappa shape index (κ2) is 3.65. The van der Waals surface area contributed by atoms with Crippen LogP contribution >= 0.6 is 27.5 Å². The van der Waals surface area contributed by atoms with Crippen LogP contribution in [-0.4, -0.2) is 4.98 Å². The summed E-state index contributed by atoms with van der Waals surface area (Å²) in [4.78, 5) is 4.44. The van der Waals surface area contributed by atoms with Crippen LogP contribution in [0, 0.1) is 13.8 Å². The SMILES string of the molecule is Cc1nc2c(C)cc(Br)cc2c(N)c1Cl. The van der Waals surface area contributed by atoms with Crippen LogP contribution in [0.5, 0.6) is 0 Å². The van der Waals surface area contributed by atoms with E-state index >= 15 is 0 Å². The number of pyridine rings is 1. The van der Waals surface area contributed by atoms with Gasteiger partial charge in [0, 0.05) is 9.86 Å². The molecule has 0 saturated heterocycles. The van der Waals surface area contributed by atoms with E-state index in [1.807, 2.05) is 26.0 Å². The standard InChI is InChI=1S/C11H10BrClN2/c1-5-3-7(12)4-8-10(14)9(13)6(2)15-11(5)8/h3-4H,1-2H3,(H2,14,15). The molecule has 2 rings (SSSR count). The predicted molar refractivity (Wildman–Crippen MR) is 68.3 cm³/mol. The summed E-state index contributed by atoms with van der Waals surface area (Å²) in [5.41, 5.74) is 9.34. The van der Waals surface area contributed by atoms with Crippen LogP contribution < -0.4 is 5.73 Å². The average molecular weight is 286 g/mol. The molecule has 2 aromatic rings. The van der Waals surface area contributed by atoms with Crippen molar-refractivity contribution in [1.29, 1.82) is 0 Å². The smallest absolute Gasteiger partial charge is 0.0854 e. The van der Waals surface area contributed by atoms with Gasteiger partial charge in [0.1, 0.15) is 0 Å². The van der Waals surface area contributed by atoms with Gasteiger partial charge in [-0.3, -0.25) is 4.98 Å². The highest BCUT2D eigenvalue weighted by Crippen LogP contribution is 2.33. The number of hydrogen-bond donors (Lipinski definition) is 1. The maximum Gasteiger partial charge on any atom is 0.0854 e. The molecule has 15 heavy (non-hydrogen) atoms. The molecule has 4 heteroatoms. The van der Waals surface area contributed by atoms with Crippen molar-refractivity contribution in [2.24, 2.45) is 0 Å². The Hall–Kier alpha value is -0.800. The van der Waals surface area contributed by atoms with Crippen molar-refractivity contribution in [3.63, 3.8) is 0 Å². The van der Waals surface area contributed by atoms with Crippen molar-refractivity contribution in [3.8, 4) is 0 Å². The van der Waals surface area contributed by atoms with Gasteiger partial charge < -0.3 is 5.73 Å². The second-order valence-corrected chi connectivity index (χ2v) is 4.84. The highest BCUT2D eigenvalue weighted by atomic mass is 79.9. The summed E-state index contributed by atoms with van der Waals surface area (Å²) in [6.45, 7) is 3.87. The van der Waals surface area contributed by atoms with Gasteiger partial charge in [-0.2, -0.15) is 0 Å². The first-order chi connectivity index (χ1) is 7.00. The molecular formula is C11H10BrClN2. The Bertz CT molecular complexity index is 552. The molecule has 0 unspecified atom stereocenters. The van der Waals surface area contributed by atoms with Crippen molar-refractivity contribution >= 4 is 44.1 Å². The van der Waals surface area contributed by atoms with Gasteiger partial charge in [-0.05, 0) is 31.5 Å². The molecule has 0 fully saturated rings. The first-order valence-corrected chi connectivity index (χ1v) is 5.69. The van der Waals surface area contributed by atoms with E-state index in [1.165, 1.54) is 0 Å². The summed E-state index contributed by atoms with van der Waals surface area (Å²) in [5, 5.41) is 1.44. The minimum Gasteiger partial charge on any atom is -0.397 e. The van der Waals surface area contributed by atoms with E-state index < -0.39 is 0 Å². The number of hydrogen-bond acceptors (Lipinski definition) is 2. The number of aromatic nitrogens is 1. The molecule has 2 N–H and O–H groups in total. The number of nitrogens with zero attached hydrogens (tertiary/aromatic N) is 1. The number of anilines is 1. The second-order valence-electron chi connectivity index (χ2n) is 3.54. The molecule has 78 valence electrons. The molecule has 1 aromatic carbocycles. The number of fused-ring (bicyclic) bond motifs is 1. The molecule has 0 amide bonds. The molecular weight excluding hydrogens is 275 g/mol. The zero-order valence-corrected chi connectivity index (χ0v) is 10.8. The first-order valence-electron chi connectivity index (χ1n) is 4.52. The summed E-state index contributed by atoms with van der Waals surface area (Å²) in [6, 6.07) is 3.96. The van der Waals surface area contributed by atoms with Crippen molar-refractivity contribution in [1.82, 2.24) is 4.98 Å². The average Bonchev–Trinajstić information content (AvgIpc) is 2.17. The molecule has 0 aliphatic heterocycles. The quantitative estimate of drug-likeness (QED) is 0.798. The van der Waals surface area contributed by atoms with Crippen molar-refractivity contribution in [3.05, 3.63) is 32.9 Å². The summed E-state index contributed by atoms with van der Waals surface area (Å²) in [6.07, 6.45) is 0. The molecule has 1 heterocycles. The zero-order valence-electron chi connectivity index (χ0n) is 8.44. The van der Waals surface area contributed by atoms with E-state index in [9.17, 15) is 0 Å². The molecule has 0 atom stereocenters. The normalized spacial score (nSPS) is 10.9. The lowest BCUT2D eigenvalue weighted by Crippen LogP contribution is -1.96. The zero-order chi connectivity index (χ0) is 11.2. The van der Waals surface area contributed by atoms with Gasteiger partial charge >= 0.3 is 0 Å². The van der Waals surface area contributed by atoms with E-state index in [4.69, 9.17) is 17.3 Å². The fraction of sp³-hybridized carbons (Fsp3) is 0.182. The Morgan fingerprint density at radius 1 is 1.33 bits per heavy atom. The molecule has 0 spiro atoms. The van der Waals surface area contributed by atoms with Gasteiger partial charge in [-0.25, -0.2) is 0 Å². The molecule has 0 saturated carbocycles. The van der Waals surface area contributed by atoms with Gasteiger partial charge in [0.25, 0.3) is 0 Å². The minimum absolute atomic E-state index is 0.542. The van der Waals surface area contributed by atoms with E-state index in [-0.39, 0.29) is 0 Å². The number of aryl methyl sites for hydroxylation is 2. The minimum atomic E-state index is 0.542. The number of halogens is 2. The highest BCUT2D eigenvalue weighted by molar-refractivity contribution is 9.10. The number of nitrogens with two attached hydrogens (primary N) is 1. The van der Waals surface area contributed by atoms with E-state index in [2.05, 4.69) is 20.9 Å². The van der Waals surface area contributed by atoms with Gasteiger partial charge in [-0.15, -0.1) is 0 Å². The third-order valence-electron chi connectivity index (χ3n) is 2.39. The summed E-state index contributed by atoms with van der Waals surface area (Å²) < 4.78 is 0.987.